The number of halogens is 4. The van der Waals surface area contributed by atoms with Crippen LogP contribution in [-0.4, -0.2) is 51.4 Å². The van der Waals surface area contributed by atoms with Gasteiger partial charge in [0.25, 0.3) is 0 Å². The van der Waals surface area contributed by atoms with Crippen molar-refractivity contribution in [1.82, 2.24) is 10.2 Å². The first-order chi connectivity index (χ1) is 10.3. The lowest BCUT2D eigenvalue weighted by Crippen LogP contribution is -2.46. The lowest BCUT2D eigenvalue weighted by Gasteiger charge is -2.36. The van der Waals surface area contributed by atoms with Crippen LogP contribution in [0.25, 0.3) is 0 Å². The van der Waals surface area contributed by atoms with Crippen LogP contribution in [0.2, 0.25) is 5.02 Å². The Morgan fingerprint density at radius 2 is 1.91 bits per heavy atom. The summed E-state index contributed by atoms with van der Waals surface area (Å²) in [7, 11) is 3.74. The molecule has 1 aromatic rings. The molecule has 0 saturated carbocycles. The zero-order valence-electron chi connectivity index (χ0n) is 12.8. The summed E-state index contributed by atoms with van der Waals surface area (Å²) in [4.78, 5) is 3.74. The van der Waals surface area contributed by atoms with E-state index in [1.807, 2.05) is 30.0 Å². The molecule has 0 aliphatic carbocycles. The molecular formula is C15H21ClF3N3. The fourth-order valence-corrected chi connectivity index (χ4v) is 3.01. The number of anilines is 1. The highest BCUT2D eigenvalue weighted by atomic mass is 35.5. The molecule has 1 heterocycles. The van der Waals surface area contributed by atoms with Crippen LogP contribution < -0.4 is 10.2 Å². The van der Waals surface area contributed by atoms with Crippen molar-refractivity contribution in [1.29, 1.82) is 0 Å². The van der Waals surface area contributed by atoms with Crippen LogP contribution in [0.3, 0.4) is 0 Å². The Morgan fingerprint density at radius 3 is 2.41 bits per heavy atom. The topological polar surface area (TPSA) is 18.5 Å². The molecule has 0 aromatic heterocycles. The van der Waals surface area contributed by atoms with E-state index in [9.17, 15) is 13.2 Å². The molecule has 1 aliphatic rings. The number of nitrogens with one attached hydrogen (secondary N) is 1. The summed E-state index contributed by atoms with van der Waals surface area (Å²) in [6, 6.07) is 4.52. The summed E-state index contributed by atoms with van der Waals surface area (Å²) in [6.07, 6.45) is -5.10. The van der Waals surface area contributed by atoms with Crippen LogP contribution in [0.1, 0.15) is 18.0 Å². The highest BCUT2D eigenvalue weighted by Crippen LogP contribution is 2.38. The van der Waals surface area contributed by atoms with Gasteiger partial charge in [-0.2, -0.15) is 13.2 Å². The second-order valence-corrected chi connectivity index (χ2v) is 6.13. The first kappa shape index (κ1) is 17.4. The summed E-state index contributed by atoms with van der Waals surface area (Å²) in [5.74, 6) is 0. The van der Waals surface area contributed by atoms with Crippen LogP contribution in [0.5, 0.6) is 0 Å². The molecule has 0 radical (unpaired) electrons. The molecule has 1 N–H and O–H groups in total. The molecular weight excluding hydrogens is 315 g/mol. The quantitative estimate of drug-likeness (QED) is 0.910. The van der Waals surface area contributed by atoms with E-state index in [4.69, 9.17) is 11.6 Å². The maximum Gasteiger partial charge on any atom is 0.390 e. The molecule has 0 bridgehead atoms. The lowest BCUT2D eigenvalue weighted by molar-refractivity contribution is -0.148. The fraction of sp³-hybridized carbons (Fsp3) is 0.600. The van der Waals surface area contributed by atoms with Gasteiger partial charge in [-0.1, -0.05) is 17.7 Å². The molecule has 1 saturated heterocycles. The Balaban J connectivity index is 2.31. The molecule has 0 amide bonds. The van der Waals surface area contributed by atoms with Crippen molar-refractivity contribution in [2.75, 3.05) is 45.2 Å². The number of alkyl halides is 3. The highest BCUT2D eigenvalue weighted by Gasteiger charge is 2.36. The first-order valence-corrected chi connectivity index (χ1v) is 7.64. The maximum absolute atomic E-state index is 13.0. The summed E-state index contributed by atoms with van der Waals surface area (Å²) in [5, 5.41) is 3.55. The third-order valence-electron chi connectivity index (χ3n) is 3.88. The van der Waals surface area contributed by atoms with Gasteiger partial charge in [0.2, 0.25) is 0 Å². The number of hydrogen-bond acceptors (Lipinski definition) is 3. The molecule has 1 aliphatic heterocycles. The zero-order chi connectivity index (χ0) is 16.3. The molecule has 124 valence electrons. The van der Waals surface area contributed by atoms with Gasteiger partial charge in [0, 0.05) is 57.0 Å². The van der Waals surface area contributed by atoms with Crippen molar-refractivity contribution < 1.29 is 13.2 Å². The second kappa shape index (κ2) is 7.06. The predicted octanol–water partition coefficient (Wildman–Crippen LogP) is 3.30. The fourth-order valence-electron chi connectivity index (χ4n) is 2.71. The molecule has 1 aromatic carbocycles. The van der Waals surface area contributed by atoms with Crippen LogP contribution in [-0.2, 0) is 0 Å². The Morgan fingerprint density at radius 1 is 1.27 bits per heavy atom. The standard InChI is InChI=1S/C15H21ClF3N3/c1-21(2)11-3-4-12(13(16)9-11)14(10-15(17,18)19)22-7-5-20-6-8-22/h3-4,9,14,20H,5-8,10H2,1-2H3/t14-/m0/s1. The van der Waals surface area contributed by atoms with Crippen molar-refractivity contribution >= 4 is 17.3 Å². The maximum atomic E-state index is 13.0. The summed E-state index contributed by atoms with van der Waals surface area (Å²) >= 11 is 6.28. The Bertz CT molecular complexity index is 499. The lowest BCUT2D eigenvalue weighted by atomic mass is 10.00. The van der Waals surface area contributed by atoms with E-state index < -0.39 is 18.6 Å². The minimum Gasteiger partial charge on any atom is -0.378 e. The smallest absolute Gasteiger partial charge is 0.378 e. The number of rotatable bonds is 4. The molecule has 1 atom stereocenters. The molecule has 7 heteroatoms. The number of hydrogen-bond donors (Lipinski definition) is 1. The van der Waals surface area contributed by atoms with Gasteiger partial charge in [0.1, 0.15) is 0 Å². The van der Waals surface area contributed by atoms with Crippen LogP contribution in [0.4, 0.5) is 18.9 Å². The minimum absolute atomic E-state index is 0.388. The second-order valence-electron chi connectivity index (χ2n) is 5.72. The predicted molar refractivity (Wildman–Crippen MR) is 83.6 cm³/mol. The van der Waals surface area contributed by atoms with Crippen molar-refractivity contribution in [3.8, 4) is 0 Å². The molecule has 0 spiro atoms. The molecule has 0 unspecified atom stereocenters. The van der Waals surface area contributed by atoms with Crippen LogP contribution in [0.15, 0.2) is 18.2 Å². The number of piperazine rings is 1. The van der Waals surface area contributed by atoms with E-state index >= 15 is 0 Å². The van der Waals surface area contributed by atoms with E-state index in [2.05, 4.69) is 5.32 Å². The van der Waals surface area contributed by atoms with Gasteiger partial charge in [0.15, 0.2) is 0 Å². The molecule has 1 fully saturated rings. The average Bonchev–Trinajstić information content (AvgIpc) is 2.45. The third-order valence-corrected chi connectivity index (χ3v) is 4.20. The van der Waals surface area contributed by atoms with Crippen molar-refractivity contribution in [2.45, 2.75) is 18.6 Å². The van der Waals surface area contributed by atoms with E-state index in [0.29, 0.717) is 36.8 Å². The van der Waals surface area contributed by atoms with Gasteiger partial charge >= 0.3 is 6.18 Å². The van der Waals surface area contributed by atoms with Crippen LogP contribution >= 0.6 is 11.6 Å². The van der Waals surface area contributed by atoms with Gasteiger partial charge in [-0.15, -0.1) is 0 Å². The van der Waals surface area contributed by atoms with Crippen molar-refractivity contribution in [3.05, 3.63) is 28.8 Å². The zero-order valence-corrected chi connectivity index (χ0v) is 13.5. The molecule has 3 nitrogen and oxygen atoms in total. The van der Waals surface area contributed by atoms with Gasteiger partial charge < -0.3 is 10.2 Å². The molecule has 2 rings (SSSR count). The normalized spacial score (nSPS) is 18.3. The monoisotopic (exact) mass is 335 g/mol. The van der Waals surface area contributed by atoms with Gasteiger partial charge in [-0.25, -0.2) is 0 Å². The van der Waals surface area contributed by atoms with E-state index in [-0.39, 0.29) is 0 Å². The summed E-state index contributed by atoms with van der Waals surface area (Å²) < 4.78 is 39.0. The largest absolute Gasteiger partial charge is 0.390 e. The number of benzene rings is 1. The van der Waals surface area contributed by atoms with E-state index in [0.717, 1.165) is 5.69 Å². The summed E-state index contributed by atoms with van der Waals surface area (Å²) in [5.41, 5.74) is 1.42. The van der Waals surface area contributed by atoms with Gasteiger partial charge in [-0.3, -0.25) is 4.90 Å². The highest BCUT2D eigenvalue weighted by molar-refractivity contribution is 6.31. The van der Waals surface area contributed by atoms with Crippen molar-refractivity contribution in [2.24, 2.45) is 0 Å². The third kappa shape index (κ3) is 4.51. The Kier molecular flexibility index (Phi) is 5.58. The average molecular weight is 336 g/mol. The van der Waals surface area contributed by atoms with E-state index in [1.165, 1.54) is 0 Å². The Hall–Kier alpha value is -0.980. The van der Waals surface area contributed by atoms with Crippen molar-refractivity contribution in [3.63, 3.8) is 0 Å². The first-order valence-electron chi connectivity index (χ1n) is 7.26. The number of nitrogens with zero attached hydrogens (tertiary/aromatic N) is 2. The van der Waals surface area contributed by atoms with Gasteiger partial charge in [-0.05, 0) is 17.7 Å². The van der Waals surface area contributed by atoms with E-state index in [1.54, 1.807) is 12.1 Å². The molecule has 22 heavy (non-hydrogen) atoms. The van der Waals surface area contributed by atoms with Crippen LogP contribution in [0, 0.1) is 0 Å². The Labute approximate surface area is 134 Å². The van der Waals surface area contributed by atoms with Gasteiger partial charge in [0.05, 0.1) is 6.42 Å². The minimum atomic E-state index is -4.22. The summed E-state index contributed by atoms with van der Waals surface area (Å²) in [6.45, 7) is 2.57. The SMILES string of the molecule is CN(C)c1ccc([C@H](CC(F)(F)F)N2CCNCC2)c(Cl)c1.